The van der Waals surface area contributed by atoms with Crippen LogP contribution in [0.25, 0.3) is 10.2 Å². The van der Waals surface area contributed by atoms with Crippen molar-refractivity contribution in [1.29, 1.82) is 0 Å². The molecule has 0 fully saturated rings. The predicted octanol–water partition coefficient (Wildman–Crippen LogP) is 2.95. The first-order chi connectivity index (χ1) is 11.9. The summed E-state index contributed by atoms with van der Waals surface area (Å²) in [4.78, 5) is 16.5. The molecule has 0 bridgehead atoms. The van der Waals surface area contributed by atoms with E-state index in [0.717, 1.165) is 30.9 Å². The second-order valence-electron chi connectivity index (χ2n) is 5.17. The number of fused-ring (bicyclic) bond motifs is 1. The quantitative estimate of drug-likeness (QED) is 0.671. The number of carbonyl (C=O) groups is 1. The van der Waals surface area contributed by atoms with Gasteiger partial charge in [0, 0.05) is 7.05 Å². The molecule has 0 aliphatic carbocycles. The molecule has 3 rings (SSSR count). The smallest absolute Gasteiger partial charge is 0.252 e. The molecular formula is C15H14ClN3O3S3. The Labute approximate surface area is 158 Å². The predicted molar refractivity (Wildman–Crippen MR) is 101 cm³/mol. The van der Waals surface area contributed by atoms with Crippen LogP contribution < -0.4 is 5.32 Å². The molecule has 0 radical (unpaired) electrons. The van der Waals surface area contributed by atoms with Gasteiger partial charge in [-0.3, -0.25) is 4.79 Å². The number of likely N-dealkylation sites (N-methyl/N-ethyl adjacent to an activating group) is 1. The number of hydrogen-bond donors (Lipinski definition) is 1. The number of nitrogens with one attached hydrogen (secondary N) is 1. The third-order valence-corrected chi connectivity index (χ3v) is 7.89. The van der Waals surface area contributed by atoms with E-state index in [1.165, 1.54) is 30.5 Å². The van der Waals surface area contributed by atoms with E-state index in [1.54, 1.807) is 0 Å². The van der Waals surface area contributed by atoms with Crippen molar-refractivity contribution >= 4 is 60.4 Å². The van der Waals surface area contributed by atoms with Gasteiger partial charge in [0.2, 0.25) is 5.91 Å². The Kier molecular flexibility index (Phi) is 5.40. The van der Waals surface area contributed by atoms with Crippen molar-refractivity contribution in [3.05, 3.63) is 45.7 Å². The zero-order valence-corrected chi connectivity index (χ0v) is 16.3. The first-order valence-electron chi connectivity index (χ1n) is 7.19. The van der Waals surface area contributed by atoms with Gasteiger partial charge in [0.15, 0.2) is 0 Å². The van der Waals surface area contributed by atoms with E-state index in [4.69, 9.17) is 11.6 Å². The molecule has 0 atom stereocenters. The molecule has 25 heavy (non-hydrogen) atoms. The van der Waals surface area contributed by atoms with Crippen molar-refractivity contribution in [2.24, 2.45) is 0 Å². The molecule has 0 spiro atoms. The van der Waals surface area contributed by atoms with E-state index < -0.39 is 15.9 Å². The first-order valence-corrected chi connectivity index (χ1v) is 10.6. The summed E-state index contributed by atoms with van der Waals surface area (Å²) in [6.07, 6.45) is 0. The number of benzene rings is 1. The lowest BCUT2D eigenvalue weighted by Crippen LogP contribution is -2.37. The highest BCUT2D eigenvalue weighted by atomic mass is 35.5. The van der Waals surface area contributed by atoms with Crippen LogP contribution in [-0.4, -0.2) is 37.2 Å². The fourth-order valence-electron chi connectivity index (χ4n) is 2.10. The van der Waals surface area contributed by atoms with Crippen LogP contribution in [0, 0.1) is 0 Å². The van der Waals surface area contributed by atoms with Gasteiger partial charge in [-0.2, -0.15) is 4.31 Å². The van der Waals surface area contributed by atoms with E-state index in [9.17, 15) is 13.2 Å². The minimum absolute atomic E-state index is 0.110. The highest BCUT2D eigenvalue weighted by Crippen LogP contribution is 2.27. The van der Waals surface area contributed by atoms with Crippen LogP contribution in [0.2, 0.25) is 4.34 Å². The molecule has 0 saturated heterocycles. The molecule has 0 saturated carbocycles. The summed E-state index contributed by atoms with van der Waals surface area (Å²) < 4.78 is 27.3. The van der Waals surface area contributed by atoms with Gasteiger partial charge in [-0.05, 0) is 24.3 Å². The Balaban J connectivity index is 1.60. The SMILES string of the molecule is CN(CC(=O)NCc1nc2ccccc2s1)S(=O)(=O)c1ccc(Cl)s1. The fraction of sp³-hybridized carbons (Fsp3) is 0.200. The van der Waals surface area contributed by atoms with Crippen LogP contribution in [0.3, 0.4) is 0 Å². The van der Waals surface area contributed by atoms with Gasteiger partial charge in [0.1, 0.15) is 9.22 Å². The zero-order chi connectivity index (χ0) is 18.0. The number of aromatic nitrogens is 1. The lowest BCUT2D eigenvalue weighted by Gasteiger charge is -2.15. The van der Waals surface area contributed by atoms with Crippen LogP contribution in [-0.2, 0) is 21.4 Å². The van der Waals surface area contributed by atoms with Gasteiger partial charge in [-0.15, -0.1) is 22.7 Å². The molecule has 10 heteroatoms. The second-order valence-corrected chi connectivity index (χ2v) is 10.3. The molecule has 132 valence electrons. The molecule has 0 aliphatic heterocycles. The van der Waals surface area contributed by atoms with Crippen molar-refractivity contribution in [1.82, 2.24) is 14.6 Å². The minimum atomic E-state index is -3.72. The summed E-state index contributed by atoms with van der Waals surface area (Å²) in [5.74, 6) is -0.395. The molecule has 6 nitrogen and oxygen atoms in total. The summed E-state index contributed by atoms with van der Waals surface area (Å²) in [6, 6.07) is 10.6. The maximum Gasteiger partial charge on any atom is 0.252 e. The number of nitrogens with zero attached hydrogens (tertiary/aromatic N) is 2. The molecule has 3 aromatic rings. The van der Waals surface area contributed by atoms with Crippen LogP contribution in [0.4, 0.5) is 0 Å². The lowest BCUT2D eigenvalue weighted by molar-refractivity contribution is -0.121. The normalized spacial score (nSPS) is 12.0. The van der Waals surface area contributed by atoms with Gasteiger partial charge in [0.25, 0.3) is 10.0 Å². The van der Waals surface area contributed by atoms with Crippen molar-refractivity contribution < 1.29 is 13.2 Å². The Hall–Kier alpha value is -1.52. The molecule has 0 unspecified atom stereocenters. The second kappa shape index (κ2) is 7.38. The zero-order valence-electron chi connectivity index (χ0n) is 13.1. The van der Waals surface area contributed by atoms with Crippen molar-refractivity contribution in [2.75, 3.05) is 13.6 Å². The van der Waals surface area contributed by atoms with E-state index >= 15 is 0 Å². The third-order valence-electron chi connectivity index (χ3n) is 3.35. The maximum atomic E-state index is 12.4. The molecule has 1 N–H and O–H groups in total. The summed E-state index contributed by atoms with van der Waals surface area (Å²) in [5, 5.41) is 3.47. The maximum absolute atomic E-state index is 12.4. The van der Waals surface area contributed by atoms with E-state index in [2.05, 4.69) is 10.3 Å². The van der Waals surface area contributed by atoms with Crippen molar-refractivity contribution in [2.45, 2.75) is 10.8 Å². The van der Waals surface area contributed by atoms with E-state index in [1.807, 2.05) is 24.3 Å². The third kappa shape index (κ3) is 4.18. The first kappa shape index (κ1) is 18.3. The number of para-hydroxylation sites is 1. The van der Waals surface area contributed by atoms with Crippen LogP contribution in [0.15, 0.2) is 40.6 Å². The van der Waals surface area contributed by atoms with Crippen LogP contribution >= 0.6 is 34.3 Å². The molecule has 1 aromatic carbocycles. The Morgan fingerprint density at radius 3 is 2.68 bits per heavy atom. The summed E-state index contributed by atoms with van der Waals surface area (Å²) in [7, 11) is -2.36. The van der Waals surface area contributed by atoms with Gasteiger partial charge < -0.3 is 5.32 Å². The number of hydrogen-bond acceptors (Lipinski definition) is 6. The number of sulfonamides is 1. The molecule has 2 heterocycles. The number of carbonyl (C=O) groups excluding carboxylic acids is 1. The van der Waals surface area contributed by atoms with Crippen molar-refractivity contribution in [3.63, 3.8) is 0 Å². The highest BCUT2D eigenvalue weighted by molar-refractivity contribution is 7.91. The van der Waals surface area contributed by atoms with Crippen LogP contribution in [0.1, 0.15) is 5.01 Å². The highest BCUT2D eigenvalue weighted by Gasteiger charge is 2.24. The van der Waals surface area contributed by atoms with Crippen molar-refractivity contribution in [3.8, 4) is 0 Å². The molecular weight excluding hydrogens is 402 g/mol. The van der Waals surface area contributed by atoms with E-state index in [-0.39, 0.29) is 17.3 Å². The number of rotatable bonds is 6. The lowest BCUT2D eigenvalue weighted by atomic mass is 10.3. The van der Waals surface area contributed by atoms with Gasteiger partial charge >= 0.3 is 0 Å². The van der Waals surface area contributed by atoms with E-state index in [0.29, 0.717) is 4.34 Å². The monoisotopic (exact) mass is 415 g/mol. The molecule has 2 aromatic heterocycles. The summed E-state index contributed by atoms with van der Waals surface area (Å²) in [6.45, 7) is -0.0142. The average molecular weight is 416 g/mol. The Morgan fingerprint density at radius 1 is 1.24 bits per heavy atom. The van der Waals surface area contributed by atoms with Crippen LogP contribution in [0.5, 0.6) is 0 Å². The number of halogens is 1. The number of thiazole rings is 1. The molecule has 0 aliphatic rings. The Bertz CT molecular complexity index is 980. The topological polar surface area (TPSA) is 79.4 Å². The minimum Gasteiger partial charge on any atom is -0.348 e. The van der Waals surface area contributed by atoms with Gasteiger partial charge in [-0.25, -0.2) is 13.4 Å². The van der Waals surface area contributed by atoms with Gasteiger partial charge in [0.05, 0.1) is 27.6 Å². The van der Waals surface area contributed by atoms with Gasteiger partial charge in [-0.1, -0.05) is 23.7 Å². The standard InChI is InChI=1S/C15H14ClN3O3S3/c1-19(25(21,22)15-7-6-12(16)24-15)9-13(20)17-8-14-18-10-4-2-3-5-11(10)23-14/h2-7H,8-9H2,1H3,(H,17,20). The summed E-state index contributed by atoms with van der Waals surface area (Å²) in [5.41, 5.74) is 0.881. The fourth-order valence-corrected chi connectivity index (χ4v) is 5.83. The Morgan fingerprint density at radius 2 is 2.00 bits per heavy atom. The largest absolute Gasteiger partial charge is 0.348 e. The molecule has 1 amide bonds. The number of thiophene rings is 1. The number of amides is 1. The average Bonchev–Trinajstić information content (AvgIpc) is 3.18. The summed E-state index contributed by atoms with van der Waals surface area (Å²) >= 11 is 8.23.